The van der Waals surface area contributed by atoms with Gasteiger partial charge >= 0.3 is 5.97 Å². The molecule has 0 heterocycles. The quantitative estimate of drug-likeness (QED) is 0.441. The largest absolute Gasteiger partial charge is 0.459 e. The van der Waals surface area contributed by atoms with E-state index in [1.54, 1.807) is 0 Å². The molecule has 4 aliphatic carbocycles. The Morgan fingerprint density at radius 2 is 1.29 bits per heavy atom. The second-order valence-electron chi connectivity index (χ2n) is 13.4. The number of rotatable bonds is 6. The number of carbonyl (C=O) groups excluding carboxylic acids is 1. The van der Waals surface area contributed by atoms with Crippen LogP contribution in [0.3, 0.4) is 0 Å². The molecule has 4 rings (SSSR count). The van der Waals surface area contributed by atoms with Gasteiger partial charge in [-0.05, 0) is 101 Å². The molecule has 0 aromatic heterocycles. The lowest BCUT2D eigenvalue weighted by atomic mass is 9.45. The predicted octanol–water partition coefficient (Wildman–Crippen LogP) is 7.40. The molecule has 0 N–H and O–H groups in total. The van der Waals surface area contributed by atoms with E-state index in [0.29, 0.717) is 0 Å². The molecule has 4 saturated carbocycles. The Morgan fingerprint density at radius 3 is 1.64 bits per heavy atom. The zero-order valence-corrected chi connectivity index (χ0v) is 20.2. The van der Waals surface area contributed by atoms with E-state index in [1.807, 2.05) is 0 Å². The SMILES string of the molecule is CCC(C)(C)C(C)(CC(C)(C)C)C(=O)OC(C)(C)C12CC3CC(CC(C3)C1)C2. The Bertz CT molecular complexity index is 571. The topological polar surface area (TPSA) is 26.3 Å². The molecule has 1 atom stereocenters. The van der Waals surface area contributed by atoms with Crippen molar-refractivity contribution in [3.8, 4) is 0 Å². The fraction of sp³-hybridized carbons (Fsp3) is 0.962. The van der Waals surface area contributed by atoms with Crippen LogP contribution in [0.1, 0.15) is 114 Å². The Balaban J connectivity index is 1.86. The van der Waals surface area contributed by atoms with Crippen LogP contribution in [0, 0.1) is 39.4 Å². The molecule has 0 saturated heterocycles. The number of esters is 1. The van der Waals surface area contributed by atoms with Gasteiger partial charge in [0.25, 0.3) is 0 Å². The molecule has 0 aromatic rings. The Kier molecular flexibility index (Phi) is 5.34. The molecule has 4 aliphatic rings. The van der Waals surface area contributed by atoms with Gasteiger partial charge in [-0.3, -0.25) is 4.79 Å². The molecule has 2 heteroatoms. The molecule has 4 fully saturated rings. The highest BCUT2D eigenvalue weighted by Gasteiger charge is 2.60. The first-order valence-corrected chi connectivity index (χ1v) is 11.9. The van der Waals surface area contributed by atoms with Gasteiger partial charge in [0.2, 0.25) is 0 Å². The van der Waals surface area contributed by atoms with E-state index in [0.717, 1.165) is 30.6 Å². The van der Waals surface area contributed by atoms with E-state index in [-0.39, 0.29) is 27.8 Å². The summed E-state index contributed by atoms with van der Waals surface area (Å²) in [6.07, 6.45) is 9.92. The van der Waals surface area contributed by atoms with Crippen LogP contribution in [-0.2, 0) is 9.53 Å². The van der Waals surface area contributed by atoms with Crippen LogP contribution >= 0.6 is 0 Å². The number of hydrogen-bond donors (Lipinski definition) is 0. The fourth-order valence-electron chi connectivity index (χ4n) is 7.34. The first kappa shape index (κ1) is 22.2. The third-order valence-electron chi connectivity index (χ3n) is 9.38. The van der Waals surface area contributed by atoms with Crippen LogP contribution in [0.5, 0.6) is 0 Å². The summed E-state index contributed by atoms with van der Waals surface area (Å²) < 4.78 is 6.58. The number of ether oxygens (including phenoxy) is 1. The molecule has 1 unspecified atom stereocenters. The monoisotopic (exact) mass is 390 g/mol. The molecule has 0 spiro atoms. The molecule has 4 bridgehead atoms. The van der Waals surface area contributed by atoms with Gasteiger partial charge in [0.15, 0.2) is 0 Å². The first-order chi connectivity index (χ1) is 12.6. The summed E-state index contributed by atoms with van der Waals surface area (Å²) in [4.78, 5) is 13.8. The van der Waals surface area contributed by atoms with Gasteiger partial charge in [-0.15, -0.1) is 0 Å². The summed E-state index contributed by atoms with van der Waals surface area (Å²) in [5, 5.41) is 0. The average Bonchev–Trinajstić information content (AvgIpc) is 2.51. The summed E-state index contributed by atoms with van der Waals surface area (Å²) in [5.41, 5.74) is -0.640. The van der Waals surface area contributed by atoms with E-state index in [1.165, 1.54) is 38.5 Å². The summed E-state index contributed by atoms with van der Waals surface area (Å²) in [6, 6.07) is 0. The maximum atomic E-state index is 13.8. The molecule has 2 nitrogen and oxygen atoms in total. The standard InChI is InChI=1S/C26H46O2/c1-10-23(5,6)25(9,17-22(2,3)4)21(27)28-24(7,8)26-14-18-11-19(15-26)13-20(12-18)16-26/h18-20H,10-17H2,1-9H3. The Hall–Kier alpha value is -0.530. The van der Waals surface area contributed by atoms with E-state index in [2.05, 4.69) is 62.3 Å². The van der Waals surface area contributed by atoms with Crippen molar-refractivity contribution in [2.75, 3.05) is 0 Å². The van der Waals surface area contributed by atoms with E-state index in [9.17, 15) is 4.79 Å². The zero-order valence-electron chi connectivity index (χ0n) is 20.2. The van der Waals surface area contributed by atoms with Crippen LogP contribution in [0.4, 0.5) is 0 Å². The normalized spacial score (nSPS) is 35.0. The van der Waals surface area contributed by atoms with Gasteiger partial charge in [-0.1, -0.05) is 41.5 Å². The van der Waals surface area contributed by atoms with Gasteiger partial charge in [-0.2, -0.15) is 0 Å². The summed E-state index contributed by atoms with van der Waals surface area (Å²) in [7, 11) is 0. The maximum absolute atomic E-state index is 13.8. The van der Waals surface area contributed by atoms with E-state index < -0.39 is 5.41 Å². The smallest absolute Gasteiger partial charge is 0.312 e. The lowest BCUT2D eigenvalue weighted by molar-refractivity contribution is -0.214. The Labute approximate surface area is 174 Å². The molecular weight excluding hydrogens is 344 g/mol. The van der Waals surface area contributed by atoms with Crippen molar-refractivity contribution in [3.63, 3.8) is 0 Å². The maximum Gasteiger partial charge on any atom is 0.312 e. The molecule has 162 valence electrons. The van der Waals surface area contributed by atoms with E-state index in [4.69, 9.17) is 4.74 Å². The Morgan fingerprint density at radius 1 is 0.857 bits per heavy atom. The van der Waals surface area contributed by atoms with Crippen LogP contribution in [0.25, 0.3) is 0 Å². The number of carbonyl (C=O) groups is 1. The summed E-state index contributed by atoms with van der Waals surface area (Å²) in [5.74, 6) is 2.65. The van der Waals surface area contributed by atoms with Crippen molar-refractivity contribution in [3.05, 3.63) is 0 Å². The van der Waals surface area contributed by atoms with Crippen molar-refractivity contribution in [1.82, 2.24) is 0 Å². The fourth-order valence-corrected chi connectivity index (χ4v) is 7.34. The van der Waals surface area contributed by atoms with Gasteiger partial charge in [0.05, 0.1) is 5.41 Å². The van der Waals surface area contributed by atoms with Gasteiger partial charge in [0.1, 0.15) is 5.60 Å². The van der Waals surface area contributed by atoms with Gasteiger partial charge in [-0.25, -0.2) is 0 Å². The van der Waals surface area contributed by atoms with Crippen molar-refractivity contribution >= 4 is 5.97 Å². The van der Waals surface area contributed by atoms with Crippen LogP contribution < -0.4 is 0 Å². The minimum absolute atomic E-state index is 0.0371. The van der Waals surface area contributed by atoms with Crippen LogP contribution in [0.2, 0.25) is 0 Å². The lowest BCUT2D eigenvalue weighted by Gasteiger charge is -2.62. The highest BCUT2D eigenvalue weighted by molar-refractivity contribution is 5.78. The minimum Gasteiger partial charge on any atom is -0.459 e. The molecule has 0 aromatic carbocycles. The second-order valence-corrected chi connectivity index (χ2v) is 13.4. The molecule has 28 heavy (non-hydrogen) atoms. The highest BCUT2D eigenvalue weighted by atomic mass is 16.6. The van der Waals surface area contributed by atoms with Crippen molar-refractivity contribution in [2.45, 2.75) is 119 Å². The van der Waals surface area contributed by atoms with E-state index >= 15 is 0 Å². The molecule has 0 amide bonds. The van der Waals surface area contributed by atoms with Gasteiger partial charge in [0, 0.05) is 5.41 Å². The molecule has 0 radical (unpaired) electrons. The first-order valence-electron chi connectivity index (χ1n) is 11.9. The average molecular weight is 391 g/mol. The molecular formula is C26H46O2. The van der Waals surface area contributed by atoms with Crippen molar-refractivity contribution in [1.29, 1.82) is 0 Å². The third-order valence-corrected chi connectivity index (χ3v) is 9.38. The van der Waals surface area contributed by atoms with Crippen LogP contribution in [0.15, 0.2) is 0 Å². The van der Waals surface area contributed by atoms with Crippen molar-refractivity contribution < 1.29 is 9.53 Å². The summed E-state index contributed by atoms with van der Waals surface area (Å²) >= 11 is 0. The lowest BCUT2D eigenvalue weighted by Crippen LogP contribution is -2.59. The third kappa shape index (κ3) is 3.67. The summed E-state index contributed by atoms with van der Waals surface area (Å²) in [6.45, 7) is 20.1. The second kappa shape index (κ2) is 6.74. The zero-order chi connectivity index (χ0) is 21.2. The minimum atomic E-state index is -0.473. The predicted molar refractivity (Wildman–Crippen MR) is 117 cm³/mol. The van der Waals surface area contributed by atoms with Crippen LogP contribution in [-0.4, -0.2) is 11.6 Å². The molecule has 0 aliphatic heterocycles. The van der Waals surface area contributed by atoms with Crippen molar-refractivity contribution in [2.24, 2.45) is 39.4 Å². The number of hydrogen-bond acceptors (Lipinski definition) is 2. The highest BCUT2D eigenvalue weighted by Crippen LogP contribution is 2.64. The van der Waals surface area contributed by atoms with Gasteiger partial charge < -0.3 is 4.74 Å².